The van der Waals surface area contributed by atoms with E-state index in [0.717, 1.165) is 10.7 Å². The largest absolute Gasteiger partial charge is 0.550 e. The predicted molar refractivity (Wildman–Crippen MR) is 80.1 cm³/mol. The van der Waals surface area contributed by atoms with Crippen molar-refractivity contribution >= 4 is 17.0 Å². The third-order valence-electron chi connectivity index (χ3n) is 3.67. The molecule has 0 aromatic carbocycles. The highest BCUT2D eigenvalue weighted by Gasteiger charge is 2.35. The lowest BCUT2D eigenvalue weighted by molar-refractivity contribution is -0.306. The van der Waals surface area contributed by atoms with E-state index in [4.69, 9.17) is 0 Å². The maximum absolute atomic E-state index is 13.5. The van der Waals surface area contributed by atoms with E-state index in [2.05, 4.69) is 15.1 Å². The van der Waals surface area contributed by atoms with Gasteiger partial charge in [0.2, 0.25) is 0 Å². The SMILES string of the molecule is Cc1nn(CCC(=O)[O-])c2nc(-c3cccnc3)cc(C(F)(F)F)c12. The van der Waals surface area contributed by atoms with Gasteiger partial charge in [-0.3, -0.25) is 4.98 Å². The Labute approximate surface area is 139 Å². The molecule has 3 rings (SSSR count). The summed E-state index contributed by atoms with van der Waals surface area (Å²) in [5.41, 5.74) is -0.255. The van der Waals surface area contributed by atoms with Crippen LogP contribution in [0.3, 0.4) is 0 Å². The molecule has 3 aromatic rings. The number of hydrogen-bond donors (Lipinski definition) is 0. The maximum atomic E-state index is 13.5. The Morgan fingerprint density at radius 1 is 1.36 bits per heavy atom. The van der Waals surface area contributed by atoms with E-state index >= 15 is 0 Å². The van der Waals surface area contributed by atoms with E-state index in [1.54, 1.807) is 12.1 Å². The number of pyridine rings is 2. The van der Waals surface area contributed by atoms with Crippen molar-refractivity contribution in [1.29, 1.82) is 0 Å². The Morgan fingerprint density at radius 2 is 2.12 bits per heavy atom. The second kappa shape index (κ2) is 6.15. The Bertz CT molecular complexity index is 936. The monoisotopic (exact) mass is 349 g/mol. The van der Waals surface area contributed by atoms with Gasteiger partial charge in [0.25, 0.3) is 0 Å². The molecule has 130 valence electrons. The minimum Gasteiger partial charge on any atom is -0.550 e. The fourth-order valence-corrected chi connectivity index (χ4v) is 2.59. The molecule has 0 saturated carbocycles. The number of aryl methyl sites for hydroxylation is 2. The number of nitrogens with zero attached hydrogens (tertiary/aromatic N) is 4. The van der Waals surface area contributed by atoms with Crippen LogP contribution in [0.1, 0.15) is 17.7 Å². The number of halogens is 3. The minimum atomic E-state index is -4.61. The number of hydrogen-bond acceptors (Lipinski definition) is 5. The average Bonchev–Trinajstić information content (AvgIpc) is 2.88. The number of rotatable bonds is 4. The Hall–Kier alpha value is -2.97. The molecule has 3 heterocycles. The summed E-state index contributed by atoms with van der Waals surface area (Å²) in [7, 11) is 0. The highest BCUT2D eigenvalue weighted by Crippen LogP contribution is 2.37. The van der Waals surface area contributed by atoms with E-state index in [-0.39, 0.29) is 35.4 Å². The molecule has 0 fully saturated rings. The lowest BCUT2D eigenvalue weighted by atomic mass is 10.1. The Kier molecular flexibility index (Phi) is 4.15. The third kappa shape index (κ3) is 3.30. The van der Waals surface area contributed by atoms with Crippen molar-refractivity contribution in [2.45, 2.75) is 26.1 Å². The number of carboxylic acid groups (broad SMARTS) is 1. The molecule has 9 heteroatoms. The van der Waals surface area contributed by atoms with Crippen LogP contribution in [0.25, 0.3) is 22.3 Å². The lowest BCUT2D eigenvalue weighted by Crippen LogP contribution is -2.24. The van der Waals surface area contributed by atoms with Crippen molar-refractivity contribution < 1.29 is 23.1 Å². The number of carboxylic acids is 1. The molecular weight excluding hydrogens is 337 g/mol. The summed E-state index contributed by atoms with van der Waals surface area (Å²) in [6.45, 7) is 1.30. The van der Waals surface area contributed by atoms with Crippen LogP contribution in [-0.4, -0.2) is 25.7 Å². The summed E-state index contributed by atoms with van der Waals surface area (Å²) in [6.07, 6.45) is -2.08. The molecule has 6 nitrogen and oxygen atoms in total. The van der Waals surface area contributed by atoms with Crippen LogP contribution in [0, 0.1) is 6.92 Å². The smallest absolute Gasteiger partial charge is 0.417 e. The van der Waals surface area contributed by atoms with Gasteiger partial charge in [-0.25, -0.2) is 9.67 Å². The van der Waals surface area contributed by atoms with Crippen LogP contribution < -0.4 is 5.11 Å². The van der Waals surface area contributed by atoms with E-state index in [1.165, 1.54) is 19.3 Å². The standard InChI is InChI=1S/C16H13F3N4O2/c1-9-14-11(16(17,18)19)7-12(10-3-2-5-20-8-10)21-15(14)23(22-9)6-4-13(24)25/h2-3,5,7-8H,4,6H2,1H3,(H,24,25)/p-1. The third-order valence-corrected chi connectivity index (χ3v) is 3.67. The molecule has 0 aliphatic heterocycles. The van der Waals surface area contributed by atoms with Gasteiger partial charge >= 0.3 is 6.18 Å². The Morgan fingerprint density at radius 3 is 2.72 bits per heavy atom. The number of aliphatic carboxylic acids is 1. The summed E-state index contributed by atoms with van der Waals surface area (Å²) >= 11 is 0. The zero-order valence-electron chi connectivity index (χ0n) is 13.0. The Balaban J connectivity index is 2.26. The first-order chi connectivity index (χ1) is 11.8. The highest BCUT2D eigenvalue weighted by atomic mass is 19.4. The molecule has 0 aliphatic rings. The number of carbonyl (C=O) groups excluding carboxylic acids is 1. The van der Waals surface area contributed by atoms with Crippen molar-refractivity contribution in [2.75, 3.05) is 0 Å². The molecule has 0 aliphatic carbocycles. The molecule has 0 N–H and O–H groups in total. The van der Waals surface area contributed by atoms with Crippen LogP contribution in [0.5, 0.6) is 0 Å². The first-order valence-corrected chi connectivity index (χ1v) is 7.33. The maximum Gasteiger partial charge on any atom is 0.417 e. The second-order valence-corrected chi connectivity index (χ2v) is 5.42. The van der Waals surface area contributed by atoms with Crippen molar-refractivity contribution in [3.8, 4) is 11.3 Å². The molecule has 25 heavy (non-hydrogen) atoms. The van der Waals surface area contributed by atoms with Crippen LogP contribution in [-0.2, 0) is 17.5 Å². The number of fused-ring (bicyclic) bond motifs is 1. The quantitative estimate of drug-likeness (QED) is 0.719. The van der Waals surface area contributed by atoms with E-state index in [9.17, 15) is 23.1 Å². The van der Waals surface area contributed by atoms with E-state index in [1.807, 2.05) is 0 Å². The summed E-state index contributed by atoms with van der Waals surface area (Å²) in [4.78, 5) is 18.8. The molecule has 0 saturated heterocycles. The summed E-state index contributed by atoms with van der Waals surface area (Å²) in [5.74, 6) is -1.32. The number of aromatic nitrogens is 4. The highest BCUT2D eigenvalue weighted by molar-refractivity contribution is 5.85. The summed E-state index contributed by atoms with van der Waals surface area (Å²) in [5, 5.41) is 14.5. The minimum absolute atomic E-state index is 0.0209. The van der Waals surface area contributed by atoms with Gasteiger partial charge in [-0.2, -0.15) is 18.3 Å². The summed E-state index contributed by atoms with van der Waals surface area (Å²) < 4.78 is 41.8. The first kappa shape index (κ1) is 16.9. The van der Waals surface area contributed by atoms with Gasteiger partial charge in [0.15, 0.2) is 5.65 Å². The molecule has 0 radical (unpaired) electrons. The molecular formula is C16H12F3N4O2-. The first-order valence-electron chi connectivity index (χ1n) is 7.33. The fraction of sp³-hybridized carbons (Fsp3) is 0.250. The molecule has 0 unspecified atom stereocenters. The zero-order valence-corrected chi connectivity index (χ0v) is 13.0. The predicted octanol–water partition coefficient (Wildman–Crippen LogP) is 1.96. The normalized spacial score (nSPS) is 11.8. The van der Waals surface area contributed by atoms with Gasteiger partial charge in [-0.15, -0.1) is 0 Å². The van der Waals surface area contributed by atoms with Gasteiger partial charge in [0.1, 0.15) is 0 Å². The lowest BCUT2D eigenvalue weighted by Gasteiger charge is -2.11. The number of carbonyl (C=O) groups is 1. The van der Waals surface area contributed by atoms with Gasteiger partial charge in [0, 0.05) is 36.9 Å². The number of alkyl halides is 3. The molecule has 0 spiro atoms. The second-order valence-electron chi connectivity index (χ2n) is 5.42. The van der Waals surface area contributed by atoms with Crippen molar-refractivity contribution in [3.63, 3.8) is 0 Å². The van der Waals surface area contributed by atoms with Crippen LogP contribution in [0.2, 0.25) is 0 Å². The fourth-order valence-electron chi connectivity index (χ4n) is 2.59. The van der Waals surface area contributed by atoms with Gasteiger partial charge < -0.3 is 9.90 Å². The van der Waals surface area contributed by atoms with Crippen LogP contribution in [0.15, 0.2) is 30.6 Å². The average molecular weight is 349 g/mol. The molecule has 3 aromatic heterocycles. The molecule has 0 amide bonds. The van der Waals surface area contributed by atoms with E-state index < -0.39 is 17.7 Å². The summed E-state index contributed by atoms with van der Waals surface area (Å²) in [6, 6.07) is 4.14. The van der Waals surface area contributed by atoms with Crippen LogP contribution in [0.4, 0.5) is 13.2 Å². The van der Waals surface area contributed by atoms with E-state index in [0.29, 0.717) is 5.56 Å². The topological polar surface area (TPSA) is 83.7 Å². The molecule has 0 bridgehead atoms. The zero-order chi connectivity index (χ0) is 18.2. The van der Waals surface area contributed by atoms with Gasteiger partial charge in [-0.05, 0) is 25.1 Å². The van der Waals surface area contributed by atoms with Crippen molar-refractivity contribution in [2.24, 2.45) is 0 Å². The van der Waals surface area contributed by atoms with Crippen LogP contribution >= 0.6 is 0 Å². The van der Waals surface area contributed by atoms with Crippen molar-refractivity contribution in [3.05, 3.63) is 41.9 Å². The van der Waals surface area contributed by atoms with Gasteiger partial charge in [0.05, 0.1) is 22.3 Å². The van der Waals surface area contributed by atoms with Gasteiger partial charge in [-0.1, -0.05) is 0 Å². The molecule has 0 atom stereocenters. The van der Waals surface area contributed by atoms with Crippen molar-refractivity contribution in [1.82, 2.24) is 19.7 Å².